The number of hydrogen-bond donors (Lipinski definition) is 2. The molecule has 4 heteroatoms. The third-order valence-electron chi connectivity index (χ3n) is 1.85. The SMILES string of the molecule is C[C@@H](O)[C@H](N)c1ccc(I)c(F)c1. The van der Waals surface area contributed by atoms with Gasteiger partial charge in [0, 0.05) is 3.57 Å². The molecule has 0 aliphatic carbocycles. The standard InChI is InChI=1S/C9H11FINO/c1-5(13)9(12)6-2-3-8(11)7(10)4-6/h2-5,9,13H,12H2,1H3/t5-,9+/m1/s1. The van der Waals surface area contributed by atoms with Gasteiger partial charge >= 0.3 is 0 Å². The van der Waals surface area contributed by atoms with Gasteiger partial charge in [-0.05, 0) is 47.2 Å². The van der Waals surface area contributed by atoms with Crippen LogP contribution in [0.25, 0.3) is 0 Å². The zero-order chi connectivity index (χ0) is 10.0. The summed E-state index contributed by atoms with van der Waals surface area (Å²) >= 11 is 1.90. The molecule has 0 amide bonds. The molecule has 3 N–H and O–H groups in total. The Morgan fingerprint density at radius 1 is 1.54 bits per heavy atom. The maximum Gasteiger partial charge on any atom is 0.136 e. The molecule has 72 valence electrons. The minimum atomic E-state index is -0.667. The highest BCUT2D eigenvalue weighted by Gasteiger charge is 2.13. The Kier molecular flexibility index (Phi) is 3.63. The summed E-state index contributed by atoms with van der Waals surface area (Å²) in [4.78, 5) is 0. The highest BCUT2D eigenvalue weighted by atomic mass is 127. The Balaban J connectivity index is 2.97. The first-order valence-corrected chi connectivity index (χ1v) is 4.99. The number of aliphatic hydroxyl groups is 1. The van der Waals surface area contributed by atoms with E-state index in [0.717, 1.165) is 0 Å². The third kappa shape index (κ3) is 2.62. The van der Waals surface area contributed by atoms with Crippen molar-refractivity contribution in [1.29, 1.82) is 0 Å². The second kappa shape index (κ2) is 4.34. The van der Waals surface area contributed by atoms with E-state index in [9.17, 15) is 9.50 Å². The molecule has 2 nitrogen and oxygen atoms in total. The Morgan fingerprint density at radius 3 is 2.62 bits per heavy atom. The first-order valence-electron chi connectivity index (χ1n) is 3.91. The molecule has 0 aliphatic rings. The molecule has 0 fully saturated rings. The van der Waals surface area contributed by atoms with Gasteiger partial charge in [-0.2, -0.15) is 0 Å². The second-order valence-corrected chi connectivity index (χ2v) is 4.10. The molecule has 0 radical (unpaired) electrons. The van der Waals surface area contributed by atoms with E-state index < -0.39 is 12.1 Å². The third-order valence-corrected chi connectivity index (χ3v) is 2.72. The number of halogens is 2. The number of benzene rings is 1. The number of rotatable bonds is 2. The fourth-order valence-corrected chi connectivity index (χ4v) is 1.33. The summed E-state index contributed by atoms with van der Waals surface area (Å²) in [7, 11) is 0. The number of hydrogen-bond acceptors (Lipinski definition) is 2. The molecule has 1 aromatic carbocycles. The van der Waals surface area contributed by atoms with Crippen molar-refractivity contribution in [2.45, 2.75) is 19.1 Å². The van der Waals surface area contributed by atoms with Crippen LogP contribution in [0.2, 0.25) is 0 Å². The van der Waals surface area contributed by atoms with E-state index in [1.807, 2.05) is 22.6 Å². The predicted molar refractivity (Wildman–Crippen MR) is 57.7 cm³/mol. The summed E-state index contributed by atoms with van der Waals surface area (Å²) in [5, 5.41) is 9.19. The van der Waals surface area contributed by atoms with Gasteiger partial charge in [0.25, 0.3) is 0 Å². The number of aliphatic hydroxyl groups excluding tert-OH is 1. The van der Waals surface area contributed by atoms with E-state index in [2.05, 4.69) is 0 Å². The lowest BCUT2D eigenvalue weighted by atomic mass is 10.0. The zero-order valence-electron chi connectivity index (χ0n) is 7.17. The topological polar surface area (TPSA) is 46.2 Å². The molecule has 0 aromatic heterocycles. The summed E-state index contributed by atoms with van der Waals surface area (Å²) in [5.41, 5.74) is 6.26. The lowest BCUT2D eigenvalue weighted by Gasteiger charge is -2.15. The molecule has 0 heterocycles. The van der Waals surface area contributed by atoms with Gasteiger partial charge in [-0.25, -0.2) is 4.39 Å². The van der Waals surface area contributed by atoms with Crippen LogP contribution >= 0.6 is 22.6 Å². The first-order chi connectivity index (χ1) is 6.02. The molecule has 0 saturated heterocycles. The highest BCUT2D eigenvalue weighted by molar-refractivity contribution is 14.1. The maximum atomic E-state index is 13.1. The summed E-state index contributed by atoms with van der Waals surface area (Å²) in [6, 6.07) is 4.21. The van der Waals surface area contributed by atoms with Crippen LogP contribution < -0.4 is 5.73 Å². The van der Waals surface area contributed by atoms with Crippen LogP contribution in [0.1, 0.15) is 18.5 Å². The minimum Gasteiger partial charge on any atom is -0.391 e. The summed E-state index contributed by atoms with van der Waals surface area (Å²) in [6.07, 6.45) is -0.667. The Bertz CT molecular complexity index is 304. The zero-order valence-corrected chi connectivity index (χ0v) is 9.32. The average Bonchev–Trinajstić information content (AvgIpc) is 2.08. The Hall–Kier alpha value is -0.200. The van der Waals surface area contributed by atoms with Crippen LogP contribution in [0.3, 0.4) is 0 Å². The van der Waals surface area contributed by atoms with Crippen molar-refractivity contribution >= 4 is 22.6 Å². The van der Waals surface area contributed by atoms with Gasteiger partial charge in [-0.3, -0.25) is 0 Å². The molecule has 0 aliphatic heterocycles. The largest absolute Gasteiger partial charge is 0.391 e. The van der Waals surface area contributed by atoms with Gasteiger partial charge in [0.1, 0.15) is 5.82 Å². The molecule has 1 rings (SSSR count). The fraction of sp³-hybridized carbons (Fsp3) is 0.333. The quantitative estimate of drug-likeness (QED) is 0.817. The van der Waals surface area contributed by atoms with E-state index in [-0.39, 0.29) is 5.82 Å². The predicted octanol–water partition coefficient (Wildman–Crippen LogP) is 1.81. The lowest BCUT2D eigenvalue weighted by molar-refractivity contribution is 0.164. The van der Waals surface area contributed by atoms with Crippen molar-refractivity contribution in [2.75, 3.05) is 0 Å². The Morgan fingerprint density at radius 2 is 2.15 bits per heavy atom. The average molecular weight is 295 g/mol. The highest BCUT2D eigenvalue weighted by Crippen LogP contribution is 2.18. The fourth-order valence-electron chi connectivity index (χ4n) is 0.998. The molecule has 0 bridgehead atoms. The minimum absolute atomic E-state index is 0.297. The van der Waals surface area contributed by atoms with Crippen molar-refractivity contribution in [3.63, 3.8) is 0 Å². The van der Waals surface area contributed by atoms with Crippen molar-refractivity contribution in [3.05, 3.63) is 33.1 Å². The smallest absolute Gasteiger partial charge is 0.136 e. The van der Waals surface area contributed by atoms with Crippen LogP contribution in [0, 0.1) is 9.39 Å². The molecule has 1 aromatic rings. The number of nitrogens with two attached hydrogens (primary N) is 1. The van der Waals surface area contributed by atoms with Crippen molar-refractivity contribution in [2.24, 2.45) is 5.73 Å². The first kappa shape index (κ1) is 10.9. The van der Waals surface area contributed by atoms with E-state index in [4.69, 9.17) is 5.73 Å². The van der Waals surface area contributed by atoms with E-state index in [1.54, 1.807) is 19.1 Å². The van der Waals surface area contributed by atoms with Crippen LogP contribution in [0.4, 0.5) is 4.39 Å². The molecule has 2 atom stereocenters. The van der Waals surface area contributed by atoms with Crippen LogP contribution in [-0.2, 0) is 0 Å². The van der Waals surface area contributed by atoms with Crippen molar-refractivity contribution in [3.8, 4) is 0 Å². The van der Waals surface area contributed by atoms with E-state index >= 15 is 0 Å². The van der Waals surface area contributed by atoms with Crippen molar-refractivity contribution in [1.82, 2.24) is 0 Å². The van der Waals surface area contributed by atoms with Crippen molar-refractivity contribution < 1.29 is 9.50 Å². The van der Waals surface area contributed by atoms with Gasteiger partial charge in [0.2, 0.25) is 0 Å². The normalized spacial score (nSPS) is 15.5. The lowest BCUT2D eigenvalue weighted by Crippen LogP contribution is -2.23. The van der Waals surface area contributed by atoms with Gasteiger partial charge in [-0.15, -0.1) is 0 Å². The van der Waals surface area contributed by atoms with Crippen LogP contribution in [0.5, 0.6) is 0 Å². The maximum absolute atomic E-state index is 13.1. The summed E-state index contributed by atoms with van der Waals surface area (Å²) in [6.45, 7) is 1.58. The summed E-state index contributed by atoms with van der Waals surface area (Å²) in [5.74, 6) is -0.297. The van der Waals surface area contributed by atoms with E-state index in [1.165, 1.54) is 6.07 Å². The summed E-state index contributed by atoms with van der Waals surface area (Å²) < 4.78 is 13.6. The van der Waals surface area contributed by atoms with Gasteiger partial charge in [-0.1, -0.05) is 6.07 Å². The molecular weight excluding hydrogens is 284 g/mol. The van der Waals surface area contributed by atoms with Gasteiger partial charge < -0.3 is 10.8 Å². The van der Waals surface area contributed by atoms with Crippen LogP contribution in [0.15, 0.2) is 18.2 Å². The monoisotopic (exact) mass is 295 g/mol. The molecule has 0 unspecified atom stereocenters. The molecule has 0 saturated carbocycles. The second-order valence-electron chi connectivity index (χ2n) is 2.94. The van der Waals surface area contributed by atoms with Gasteiger partial charge in [0.15, 0.2) is 0 Å². The molecule has 0 spiro atoms. The molecular formula is C9H11FINO. The van der Waals surface area contributed by atoms with Gasteiger partial charge in [0.05, 0.1) is 12.1 Å². The van der Waals surface area contributed by atoms with Crippen LogP contribution in [-0.4, -0.2) is 11.2 Å². The Labute approximate surface area is 90.1 Å². The van der Waals surface area contributed by atoms with E-state index in [0.29, 0.717) is 9.13 Å². The molecule has 13 heavy (non-hydrogen) atoms.